The monoisotopic (exact) mass is 256 g/mol. The van der Waals surface area contributed by atoms with Crippen LogP contribution in [0.4, 0.5) is 0 Å². The largest absolute Gasteiger partial charge is 0.497 e. The fourth-order valence-corrected chi connectivity index (χ4v) is 2.07. The van der Waals surface area contributed by atoms with Crippen molar-refractivity contribution in [3.63, 3.8) is 0 Å². The molecule has 3 nitrogen and oxygen atoms in total. The van der Waals surface area contributed by atoms with Crippen LogP contribution in [0, 0.1) is 6.92 Å². The summed E-state index contributed by atoms with van der Waals surface area (Å²) >= 11 is 0. The Balaban J connectivity index is 2.61. The minimum atomic E-state index is -0.323. The molecule has 0 aliphatic heterocycles. The quantitative estimate of drug-likeness (QED) is 0.789. The second-order valence-electron chi connectivity index (χ2n) is 4.22. The first-order chi connectivity index (χ1) is 9.17. The van der Waals surface area contributed by atoms with Crippen LogP contribution in [0.15, 0.2) is 42.5 Å². The van der Waals surface area contributed by atoms with Gasteiger partial charge in [-0.2, -0.15) is 0 Å². The van der Waals surface area contributed by atoms with E-state index in [1.165, 1.54) is 7.11 Å². The number of methoxy groups -OCH3 is 2. The highest BCUT2D eigenvalue weighted by molar-refractivity contribution is 5.98. The lowest BCUT2D eigenvalue weighted by Gasteiger charge is -2.11. The van der Waals surface area contributed by atoms with Crippen molar-refractivity contribution in [1.29, 1.82) is 0 Å². The average molecular weight is 256 g/mol. The summed E-state index contributed by atoms with van der Waals surface area (Å²) in [6, 6.07) is 13.4. The van der Waals surface area contributed by atoms with Crippen LogP contribution in [0.3, 0.4) is 0 Å². The topological polar surface area (TPSA) is 35.5 Å². The number of benzene rings is 2. The summed E-state index contributed by atoms with van der Waals surface area (Å²) in [4.78, 5) is 11.9. The molecule has 0 aliphatic carbocycles. The molecule has 0 aliphatic rings. The van der Waals surface area contributed by atoms with Crippen LogP contribution in [0.25, 0.3) is 11.1 Å². The van der Waals surface area contributed by atoms with Crippen molar-refractivity contribution in [2.45, 2.75) is 6.92 Å². The first-order valence-corrected chi connectivity index (χ1v) is 5.99. The van der Waals surface area contributed by atoms with E-state index >= 15 is 0 Å². The van der Waals surface area contributed by atoms with Crippen LogP contribution < -0.4 is 4.74 Å². The Morgan fingerprint density at radius 1 is 1.05 bits per heavy atom. The first-order valence-electron chi connectivity index (χ1n) is 5.99. The zero-order valence-electron chi connectivity index (χ0n) is 11.3. The van der Waals surface area contributed by atoms with Crippen LogP contribution in [0.2, 0.25) is 0 Å². The van der Waals surface area contributed by atoms with Crippen LogP contribution >= 0.6 is 0 Å². The van der Waals surface area contributed by atoms with Crippen molar-refractivity contribution in [2.75, 3.05) is 14.2 Å². The lowest BCUT2D eigenvalue weighted by molar-refractivity contribution is 0.0601. The molecule has 2 aromatic rings. The van der Waals surface area contributed by atoms with Gasteiger partial charge < -0.3 is 9.47 Å². The maximum Gasteiger partial charge on any atom is 0.338 e. The van der Waals surface area contributed by atoms with Crippen molar-refractivity contribution in [1.82, 2.24) is 0 Å². The average Bonchev–Trinajstić information content (AvgIpc) is 2.46. The zero-order chi connectivity index (χ0) is 13.8. The Morgan fingerprint density at radius 3 is 2.47 bits per heavy atom. The van der Waals surface area contributed by atoms with Gasteiger partial charge in [-0.15, -0.1) is 0 Å². The number of carbonyl (C=O) groups excluding carboxylic acids is 1. The second kappa shape index (κ2) is 5.57. The van der Waals surface area contributed by atoms with Gasteiger partial charge in [0.25, 0.3) is 0 Å². The third kappa shape index (κ3) is 2.60. The maximum atomic E-state index is 11.9. The van der Waals surface area contributed by atoms with E-state index in [1.807, 2.05) is 49.4 Å². The van der Waals surface area contributed by atoms with E-state index in [4.69, 9.17) is 9.47 Å². The number of carbonyl (C=O) groups is 1. The fraction of sp³-hybridized carbons (Fsp3) is 0.188. The lowest BCUT2D eigenvalue weighted by atomic mass is 9.96. The highest BCUT2D eigenvalue weighted by atomic mass is 16.5. The van der Waals surface area contributed by atoms with Crippen LogP contribution in [0.1, 0.15) is 15.9 Å². The van der Waals surface area contributed by atoms with E-state index in [0.717, 1.165) is 22.4 Å². The molecule has 2 aromatic carbocycles. The second-order valence-corrected chi connectivity index (χ2v) is 4.22. The smallest absolute Gasteiger partial charge is 0.338 e. The molecule has 2 rings (SSSR count). The molecule has 0 aromatic heterocycles. The molecule has 0 N–H and O–H groups in total. The predicted octanol–water partition coefficient (Wildman–Crippen LogP) is 3.46. The lowest BCUT2D eigenvalue weighted by Crippen LogP contribution is -2.06. The molecule has 0 fully saturated rings. The third-order valence-corrected chi connectivity index (χ3v) is 3.04. The van der Waals surface area contributed by atoms with Gasteiger partial charge in [-0.1, -0.05) is 30.3 Å². The predicted molar refractivity (Wildman–Crippen MR) is 74.5 cm³/mol. The van der Waals surface area contributed by atoms with Crippen molar-refractivity contribution in [3.8, 4) is 16.9 Å². The Morgan fingerprint density at radius 2 is 1.79 bits per heavy atom. The Kier molecular flexibility index (Phi) is 3.85. The summed E-state index contributed by atoms with van der Waals surface area (Å²) in [6.07, 6.45) is 0. The van der Waals surface area contributed by atoms with Crippen molar-refractivity contribution in [3.05, 3.63) is 53.6 Å². The molecule has 0 heterocycles. The van der Waals surface area contributed by atoms with Crippen LogP contribution in [0.5, 0.6) is 5.75 Å². The third-order valence-electron chi connectivity index (χ3n) is 3.04. The minimum absolute atomic E-state index is 0.323. The molecule has 19 heavy (non-hydrogen) atoms. The number of hydrogen-bond donors (Lipinski definition) is 0. The molecule has 0 saturated carbocycles. The van der Waals surface area contributed by atoms with E-state index in [-0.39, 0.29) is 5.97 Å². The maximum absolute atomic E-state index is 11.9. The minimum Gasteiger partial charge on any atom is -0.497 e. The van der Waals surface area contributed by atoms with E-state index in [9.17, 15) is 4.79 Å². The van der Waals surface area contributed by atoms with Gasteiger partial charge in [0.2, 0.25) is 0 Å². The highest BCUT2D eigenvalue weighted by Crippen LogP contribution is 2.29. The van der Waals surface area contributed by atoms with Gasteiger partial charge >= 0.3 is 5.97 Å². The van der Waals surface area contributed by atoms with Crippen LogP contribution in [-0.4, -0.2) is 20.2 Å². The van der Waals surface area contributed by atoms with Gasteiger partial charge in [-0.25, -0.2) is 4.79 Å². The zero-order valence-corrected chi connectivity index (χ0v) is 11.3. The molecule has 0 bridgehead atoms. The Bertz CT molecular complexity index is 603. The van der Waals surface area contributed by atoms with Gasteiger partial charge in [0.1, 0.15) is 5.75 Å². The molecular formula is C16H16O3. The van der Waals surface area contributed by atoms with Crippen molar-refractivity contribution in [2.24, 2.45) is 0 Å². The van der Waals surface area contributed by atoms with Gasteiger partial charge in [-0.3, -0.25) is 0 Å². The van der Waals surface area contributed by atoms with Gasteiger partial charge in [0.05, 0.1) is 19.8 Å². The summed E-state index contributed by atoms with van der Waals surface area (Å²) in [7, 11) is 3.01. The number of aryl methyl sites for hydroxylation is 1. The van der Waals surface area contributed by atoms with Gasteiger partial charge in [-0.05, 0) is 35.7 Å². The fourth-order valence-electron chi connectivity index (χ4n) is 2.07. The number of esters is 1. The van der Waals surface area contributed by atoms with Crippen LogP contribution in [-0.2, 0) is 4.74 Å². The number of ether oxygens (including phenoxy) is 2. The Hall–Kier alpha value is -2.29. The first kappa shape index (κ1) is 13.1. The molecule has 3 heteroatoms. The molecule has 98 valence electrons. The normalized spacial score (nSPS) is 10.1. The van der Waals surface area contributed by atoms with E-state index in [0.29, 0.717) is 5.56 Å². The number of rotatable bonds is 3. The van der Waals surface area contributed by atoms with Gasteiger partial charge in [0.15, 0.2) is 0 Å². The molecule has 0 atom stereocenters. The van der Waals surface area contributed by atoms with E-state index in [1.54, 1.807) is 7.11 Å². The Labute approximate surface area is 112 Å². The summed E-state index contributed by atoms with van der Waals surface area (Å²) in [6.45, 7) is 1.90. The molecule has 0 spiro atoms. The SMILES string of the molecule is COC(=O)c1c(C)cccc1-c1cccc(OC)c1. The van der Waals surface area contributed by atoms with E-state index < -0.39 is 0 Å². The molecular weight excluding hydrogens is 240 g/mol. The van der Waals surface area contributed by atoms with Crippen molar-refractivity contribution < 1.29 is 14.3 Å². The van der Waals surface area contributed by atoms with Gasteiger partial charge in [0, 0.05) is 0 Å². The summed E-state index contributed by atoms with van der Waals surface area (Å²) < 4.78 is 10.1. The molecule has 0 amide bonds. The van der Waals surface area contributed by atoms with Crippen molar-refractivity contribution >= 4 is 5.97 Å². The summed E-state index contributed by atoms with van der Waals surface area (Å²) in [5.74, 6) is 0.436. The highest BCUT2D eigenvalue weighted by Gasteiger charge is 2.15. The number of hydrogen-bond acceptors (Lipinski definition) is 3. The molecule has 0 saturated heterocycles. The standard InChI is InChI=1S/C16H16O3/c1-11-6-4-9-14(15(11)16(17)19-3)12-7-5-8-13(10-12)18-2/h4-10H,1-3H3. The van der Waals surface area contributed by atoms with E-state index in [2.05, 4.69) is 0 Å². The summed E-state index contributed by atoms with van der Waals surface area (Å²) in [5, 5.41) is 0. The summed E-state index contributed by atoms with van der Waals surface area (Å²) in [5.41, 5.74) is 3.28. The molecule has 0 radical (unpaired) electrons. The molecule has 0 unspecified atom stereocenters.